The monoisotopic (exact) mass is 312 g/mol. The Labute approximate surface area is 135 Å². The Morgan fingerprint density at radius 2 is 1.78 bits per heavy atom. The fourth-order valence-electron chi connectivity index (χ4n) is 2.12. The molecule has 0 saturated carbocycles. The molecule has 0 unspecified atom stereocenters. The number of rotatable bonds is 5. The van der Waals surface area contributed by atoms with E-state index in [2.05, 4.69) is 10.6 Å². The zero-order chi connectivity index (χ0) is 16.8. The molecule has 0 radical (unpaired) electrons. The zero-order valence-corrected chi connectivity index (χ0v) is 13.5. The molecule has 0 bridgehead atoms. The molecule has 2 aromatic carbocycles. The lowest BCUT2D eigenvalue weighted by molar-refractivity contribution is -0.114. The van der Waals surface area contributed by atoms with Crippen LogP contribution in [0.1, 0.15) is 28.4 Å². The van der Waals surface area contributed by atoms with E-state index >= 15 is 0 Å². The van der Waals surface area contributed by atoms with Crippen molar-refractivity contribution in [1.29, 1.82) is 0 Å². The predicted molar refractivity (Wildman–Crippen MR) is 89.6 cm³/mol. The number of hydrogen-bond acceptors (Lipinski definition) is 3. The molecule has 2 aromatic rings. The average Bonchev–Trinajstić information content (AvgIpc) is 2.54. The van der Waals surface area contributed by atoms with Gasteiger partial charge in [-0.2, -0.15) is 0 Å². The summed E-state index contributed by atoms with van der Waals surface area (Å²) in [5, 5.41) is 5.58. The molecule has 5 heteroatoms. The topological polar surface area (TPSA) is 67.4 Å². The Hall–Kier alpha value is -2.82. The van der Waals surface area contributed by atoms with E-state index < -0.39 is 0 Å². The molecule has 5 nitrogen and oxygen atoms in total. The summed E-state index contributed by atoms with van der Waals surface area (Å²) in [6.07, 6.45) is 0. The molecule has 0 aliphatic carbocycles. The van der Waals surface area contributed by atoms with Crippen molar-refractivity contribution in [2.45, 2.75) is 20.4 Å². The molecular formula is C18H20N2O3. The minimum Gasteiger partial charge on any atom is -0.497 e. The lowest BCUT2D eigenvalue weighted by Crippen LogP contribution is -2.23. The minimum absolute atomic E-state index is 0.163. The molecule has 0 aromatic heterocycles. The summed E-state index contributed by atoms with van der Waals surface area (Å²) >= 11 is 0. The fraction of sp³-hybridized carbons (Fsp3) is 0.222. The first-order chi connectivity index (χ1) is 11.0. The van der Waals surface area contributed by atoms with E-state index in [4.69, 9.17) is 4.74 Å². The van der Waals surface area contributed by atoms with Gasteiger partial charge in [0.2, 0.25) is 5.91 Å². The van der Waals surface area contributed by atoms with Crippen molar-refractivity contribution in [3.8, 4) is 5.75 Å². The van der Waals surface area contributed by atoms with E-state index in [0.717, 1.165) is 16.9 Å². The van der Waals surface area contributed by atoms with Gasteiger partial charge in [-0.1, -0.05) is 18.2 Å². The number of hydrogen-bond donors (Lipinski definition) is 2. The van der Waals surface area contributed by atoms with Gasteiger partial charge < -0.3 is 15.4 Å². The van der Waals surface area contributed by atoms with Crippen LogP contribution in [0.5, 0.6) is 5.75 Å². The van der Waals surface area contributed by atoms with Crippen molar-refractivity contribution in [2.24, 2.45) is 0 Å². The van der Waals surface area contributed by atoms with Crippen molar-refractivity contribution < 1.29 is 14.3 Å². The Morgan fingerprint density at radius 1 is 1.09 bits per heavy atom. The van der Waals surface area contributed by atoms with Crippen LogP contribution in [0.25, 0.3) is 0 Å². The van der Waals surface area contributed by atoms with Gasteiger partial charge in [0.05, 0.1) is 7.11 Å². The van der Waals surface area contributed by atoms with Gasteiger partial charge in [0.15, 0.2) is 0 Å². The van der Waals surface area contributed by atoms with Gasteiger partial charge in [0.25, 0.3) is 5.91 Å². The van der Waals surface area contributed by atoms with Crippen molar-refractivity contribution in [3.05, 3.63) is 59.2 Å². The van der Waals surface area contributed by atoms with Crippen LogP contribution in [-0.4, -0.2) is 18.9 Å². The van der Waals surface area contributed by atoms with Crippen LogP contribution in [0.3, 0.4) is 0 Å². The highest BCUT2D eigenvalue weighted by molar-refractivity contribution is 5.97. The van der Waals surface area contributed by atoms with Crippen molar-refractivity contribution in [3.63, 3.8) is 0 Å². The van der Waals surface area contributed by atoms with Crippen molar-refractivity contribution in [2.75, 3.05) is 12.4 Å². The molecule has 0 atom stereocenters. The number of methoxy groups -OCH3 is 1. The number of aryl methyl sites for hydroxylation is 1. The molecular weight excluding hydrogens is 292 g/mol. The first-order valence-corrected chi connectivity index (χ1v) is 7.29. The maximum Gasteiger partial charge on any atom is 0.251 e. The second kappa shape index (κ2) is 7.45. The Kier molecular flexibility index (Phi) is 5.36. The summed E-state index contributed by atoms with van der Waals surface area (Å²) in [6, 6.07) is 12.7. The van der Waals surface area contributed by atoms with Crippen LogP contribution in [0.4, 0.5) is 5.69 Å². The van der Waals surface area contributed by atoms with E-state index in [1.165, 1.54) is 6.92 Å². The Balaban J connectivity index is 2.03. The Bertz CT molecular complexity index is 709. The number of benzene rings is 2. The van der Waals surface area contributed by atoms with E-state index in [1.807, 2.05) is 37.3 Å². The SMILES string of the molecule is COc1ccc(CNC(=O)c2ccc(C)c(NC(C)=O)c2)cc1. The molecule has 0 aliphatic heterocycles. The first-order valence-electron chi connectivity index (χ1n) is 7.29. The summed E-state index contributed by atoms with van der Waals surface area (Å²) < 4.78 is 5.10. The summed E-state index contributed by atoms with van der Waals surface area (Å²) in [7, 11) is 1.61. The maximum absolute atomic E-state index is 12.2. The highest BCUT2D eigenvalue weighted by atomic mass is 16.5. The van der Waals surface area contributed by atoms with Gasteiger partial charge in [0, 0.05) is 24.7 Å². The van der Waals surface area contributed by atoms with Crippen LogP contribution >= 0.6 is 0 Å². The van der Waals surface area contributed by atoms with E-state index in [0.29, 0.717) is 17.8 Å². The second-order valence-corrected chi connectivity index (χ2v) is 5.24. The summed E-state index contributed by atoms with van der Waals surface area (Å²) in [5.74, 6) is 0.426. The van der Waals surface area contributed by atoms with Gasteiger partial charge in [0.1, 0.15) is 5.75 Å². The molecule has 23 heavy (non-hydrogen) atoms. The fourth-order valence-corrected chi connectivity index (χ4v) is 2.12. The summed E-state index contributed by atoms with van der Waals surface area (Å²) in [4.78, 5) is 23.4. The normalized spacial score (nSPS) is 10.0. The highest BCUT2D eigenvalue weighted by Crippen LogP contribution is 2.17. The minimum atomic E-state index is -0.188. The van der Waals surface area contributed by atoms with E-state index in [-0.39, 0.29) is 11.8 Å². The number of anilines is 1. The van der Waals surface area contributed by atoms with Gasteiger partial charge in [-0.3, -0.25) is 9.59 Å². The van der Waals surface area contributed by atoms with Gasteiger partial charge in [-0.15, -0.1) is 0 Å². The molecule has 120 valence electrons. The van der Waals surface area contributed by atoms with Crippen LogP contribution in [0, 0.1) is 6.92 Å². The molecule has 0 aliphatic rings. The standard InChI is InChI=1S/C18H20N2O3/c1-12-4-7-15(10-17(12)20-13(2)21)18(22)19-11-14-5-8-16(23-3)9-6-14/h4-10H,11H2,1-3H3,(H,19,22)(H,20,21). The summed E-state index contributed by atoms with van der Waals surface area (Å²) in [6.45, 7) is 3.74. The maximum atomic E-state index is 12.2. The lowest BCUT2D eigenvalue weighted by Gasteiger charge is -2.10. The molecule has 0 heterocycles. The van der Waals surface area contributed by atoms with E-state index in [1.54, 1.807) is 19.2 Å². The van der Waals surface area contributed by atoms with Crippen LogP contribution in [0.2, 0.25) is 0 Å². The Morgan fingerprint density at radius 3 is 2.39 bits per heavy atom. The molecule has 0 spiro atoms. The third kappa shape index (κ3) is 4.57. The van der Waals surface area contributed by atoms with Crippen LogP contribution in [0.15, 0.2) is 42.5 Å². The number of carbonyl (C=O) groups is 2. The van der Waals surface area contributed by atoms with Crippen molar-refractivity contribution >= 4 is 17.5 Å². The third-order valence-electron chi connectivity index (χ3n) is 3.42. The van der Waals surface area contributed by atoms with Gasteiger partial charge in [-0.25, -0.2) is 0 Å². The smallest absolute Gasteiger partial charge is 0.251 e. The number of amides is 2. The first kappa shape index (κ1) is 16.5. The van der Waals surface area contributed by atoms with Gasteiger partial charge >= 0.3 is 0 Å². The number of carbonyl (C=O) groups excluding carboxylic acids is 2. The van der Waals surface area contributed by atoms with Crippen LogP contribution in [-0.2, 0) is 11.3 Å². The average molecular weight is 312 g/mol. The molecule has 2 N–H and O–H groups in total. The lowest BCUT2D eigenvalue weighted by atomic mass is 10.1. The third-order valence-corrected chi connectivity index (χ3v) is 3.42. The summed E-state index contributed by atoms with van der Waals surface area (Å²) in [5.41, 5.74) is 3.04. The molecule has 0 fully saturated rings. The van der Waals surface area contributed by atoms with Crippen molar-refractivity contribution in [1.82, 2.24) is 5.32 Å². The number of ether oxygens (including phenoxy) is 1. The van der Waals surface area contributed by atoms with Crippen LogP contribution < -0.4 is 15.4 Å². The molecule has 2 rings (SSSR count). The second-order valence-electron chi connectivity index (χ2n) is 5.24. The zero-order valence-electron chi connectivity index (χ0n) is 13.5. The largest absolute Gasteiger partial charge is 0.497 e. The quantitative estimate of drug-likeness (QED) is 0.892. The number of nitrogens with one attached hydrogen (secondary N) is 2. The predicted octanol–water partition coefficient (Wildman–Crippen LogP) is 2.89. The van der Waals surface area contributed by atoms with Gasteiger partial charge in [-0.05, 0) is 42.3 Å². The molecule has 0 saturated heterocycles. The molecule has 2 amide bonds. The highest BCUT2D eigenvalue weighted by Gasteiger charge is 2.09. The van der Waals surface area contributed by atoms with E-state index in [9.17, 15) is 9.59 Å².